The van der Waals surface area contributed by atoms with E-state index in [9.17, 15) is 27.6 Å². The van der Waals surface area contributed by atoms with E-state index in [0.717, 1.165) is 31.7 Å². The molecule has 37 heavy (non-hydrogen) atoms. The summed E-state index contributed by atoms with van der Waals surface area (Å²) in [7, 11) is 0. The Morgan fingerprint density at radius 2 is 1.97 bits per heavy atom. The summed E-state index contributed by atoms with van der Waals surface area (Å²) in [5.41, 5.74) is 2.46. The lowest BCUT2D eigenvalue weighted by Gasteiger charge is -2.30. The third kappa shape index (κ3) is 5.62. The maximum atomic E-state index is 13.3. The number of amides is 1. The van der Waals surface area contributed by atoms with Crippen molar-refractivity contribution >= 4 is 34.3 Å². The fourth-order valence-electron chi connectivity index (χ4n) is 4.14. The number of fused-ring (bicyclic) bond motifs is 1. The third-order valence-electron chi connectivity index (χ3n) is 6.23. The van der Waals surface area contributed by atoms with Gasteiger partial charge in [-0.15, -0.1) is 0 Å². The first-order valence-electron chi connectivity index (χ1n) is 11.7. The SMILES string of the molecule is CC(F)COc1ccc2c(C#N)c(-c3ccc(NC(=O)OC(C)C(F)(F)F)c(Cl)c3)n(C3CCC3)c2c1. The molecule has 4 rings (SSSR count). The second-order valence-electron chi connectivity index (χ2n) is 8.97. The summed E-state index contributed by atoms with van der Waals surface area (Å²) < 4.78 is 63.3. The number of nitriles is 1. The Balaban J connectivity index is 1.72. The minimum absolute atomic E-state index is 0.0596. The normalized spacial score (nSPS) is 15.5. The van der Waals surface area contributed by atoms with Gasteiger partial charge in [0.2, 0.25) is 0 Å². The number of hydrogen-bond acceptors (Lipinski definition) is 4. The standard InChI is InChI=1S/C26H24ClF4N3O3/c1-14(28)13-36-18-7-8-19-20(12-32)24(34(23(19)11-18)17-4-3-5-17)16-6-9-22(21(27)10-16)33-25(35)37-15(2)26(29,30)31/h6-11,14-15,17H,3-5,13H2,1-2H3,(H,33,35). The van der Waals surface area contributed by atoms with E-state index in [0.29, 0.717) is 28.0 Å². The number of nitrogens with zero attached hydrogens (tertiary/aromatic N) is 2. The molecule has 196 valence electrons. The Bertz CT molecular complexity index is 1360. The Kier molecular flexibility index (Phi) is 7.55. The largest absolute Gasteiger partial charge is 0.490 e. The molecule has 11 heteroatoms. The molecule has 1 N–H and O–H groups in total. The number of nitrogens with one attached hydrogen (secondary N) is 1. The smallest absolute Gasteiger partial charge is 0.425 e. The van der Waals surface area contributed by atoms with Gasteiger partial charge in [-0.05, 0) is 57.4 Å². The molecule has 1 aromatic heterocycles. The second kappa shape index (κ2) is 10.5. The van der Waals surface area contributed by atoms with Gasteiger partial charge in [0.1, 0.15) is 24.6 Å². The van der Waals surface area contributed by atoms with Gasteiger partial charge in [0.15, 0.2) is 6.10 Å². The van der Waals surface area contributed by atoms with E-state index in [1.54, 1.807) is 24.3 Å². The van der Waals surface area contributed by atoms with E-state index in [-0.39, 0.29) is 23.4 Å². The zero-order valence-corrected chi connectivity index (χ0v) is 20.8. The number of rotatable bonds is 7. The van der Waals surface area contributed by atoms with Crippen molar-refractivity contribution in [3.8, 4) is 23.1 Å². The molecule has 3 aromatic rings. The molecule has 1 saturated carbocycles. The molecule has 1 fully saturated rings. The van der Waals surface area contributed by atoms with Crippen LogP contribution in [0.15, 0.2) is 36.4 Å². The van der Waals surface area contributed by atoms with Crippen molar-refractivity contribution in [3.63, 3.8) is 0 Å². The number of halogens is 5. The van der Waals surface area contributed by atoms with Crippen molar-refractivity contribution in [1.82, 2.24) is 4.57 Å². The molecule has 0 radical (unpaired) electrons. The van der Waals surface area contributed by atoms with Crippen LogP contribution in [-0.2, 0) is 4.74 Å². The van der Waals surface area contributed by atoms with Gasteiger partial charge < -0.3 is 14.0 Å². The number of benzene rings is 2. The van der Waals surface area contributed by atoms with E-state index < -0.39 is 24.5 Å². The minimum atomic E-state index is -4.69. The van der Waals surface area contributed by atoms with Crippen LogP contribution in [0, 0.1) is 11.3 Å². The number of carbonyl (C=O) groups is 1. The van der Waals surface area contributed by atoms with E-state index >= 15 is 0 Å². The molecule has 1 aliphatic carbocycles. The van der Waals surface area contributed by atoms with Gasteiger partial charge in [0.25, 0.3) is 0 Å². The van der Waals surface area contributed by atoms with E-state index in [2.05, 4.69) is 20.7 Å². The van der Waals surface area contributed by atoms with Crippen LogP contribution in [0.5, 0.6) is 5.75 Å². The predicted molar refractivity (Wildman–Crippen MR) is 132 cm³/mol. The quantitative estimate of drug-likeness (QED) is 0.312. The van der Waals surface area contributed by atoms with Crippen LogP contribution < -0.4 is 10.1 Å². The number of ether oxygens (including phenoxy) is 2. The predicted octanol–water partition coefficient (Wildman–Crippen LogP) is 7.79. The summed E-state index contributed by atoms with van der Waals surface area (Å²) in [6, 6.07) is 12.2. The molecular weight excluding hydrogens is 514 g/mol. The Morgan fingerprint density at radius 3 is 2.54 bits per heavy atom. The number of aromatic nitrogens is 1. The minimum Gasteiger partial charge on any atom is -0.490 e. The van der Waals surface area contributed by atoms with Gasteiger partial charge in [-0.1, -0.05) is 17.7 Å². The highest BCUT2D eigenvalue weighted by molar-refractivity contribution is 6.34. The van der Waals surface area contributed by atoms with E-state index in [1.807, 2.05) is 0 Å². The van der Waals surface area contributed by atoms with Gasteiger partial charge in [-0.3, -0.25) is 5.32 Å². The maximum Gasteiger partial charge on any atom is 0.425 e. The first kappa shape index (κ1) is 26.6. The lowest BCUT2D eigenvalue weighted by Crippen LogP contribution is -2.32. The number of anilines is 1. The summed E-state index contributed by atoms with van der Waals surface area (Å²) in [6.45, 7) is 2.03. The molecule has 1 aliphatic rings. The third-order valence-corrected chi connectivity index (χ3v) is 6.54. The molecule has 6 nitrogen and oxygen atoms in total. The molecule has 0 spiro atoms. The second-order valence-corrected chi connectivity index (χ2v) is 9.38. The first-order chi connectivity index (χ1) is 17.5. The molecule has 2 unspecified atom stereocenters. The van der Waals surface area contributed by atoms with Crippen LogP contribution in [0.2, 0.25) is 5.02 Å². The molecule has 2 atom stereocenters. The first-order valence-corrected chi connectivity index (χ1v) is 12.1. The van der Waals surface area contributed by atoms with Crippen LogP contribution >= 0.6 is 11.6 Å². The van der Waals surface area contributed by atoms with E-state index in [4.69, 9.17) is 16.3 Å². The van der Waals surface area contributed by atoms with Crippen LogP contribution in [0.4, 0.5) is 28.0 Å². The zero-order chi connectivity index (χ0) is 26.9. The van der Waals surface area contributed by atoms with Gasteiger partial charge >= 0.3 is 12.3 Å². The maximum absolute atomic E-state index is 13.3. The molecule has 1 amide bonds. The van der Waals surface area contributed by atoms with Crippen molar-refractivity contribution < 1.29 is 31.8 Å². The number of hydrogen-bond donors (Lipinski definition) is 1. The zero-order valence-electron chi connectivity index (χ0n) is 20.0. The molecular formula is C26H24ClF4N3O3. The molecule has 1 heterocycles. The van der Waals surface area contributed by atoms with Gasteiger partial charge in [-0.25, -0.2) is 9.18 Å². The van der Waals surface area contributed by atoms with Crippen molar-refractivity contribution in [3.05, 3.63) is 47.0 Å². The fraction of sp³-hybridized carbons (Fsp3) is 0.385. The number of alkyl halides is 4. The topological polar surface area (TPSA) is 76.3 Å². The average molecular weight is 538 g/mol. The monoisotopic (exact) mass is 537 g/mol. The fourth-order valence-corrected chi connectivity index (χ4v) is 4.37. The molecule has 2 aromatic carbocycles. The average Bonchev–Trinajstić information content (AvgIpc) is 3.10. The van der Waals surface area contributed by atoms with Crippen LogP contribution in [-0.4, -0.2) is 35.7 Å². The Morgan fingerprint density at radius 1 is 1.24 bits per heavy atom. The van der Waals surface area contributed by atoms with E-state index in [1.165, 1.54) is 19.1 Å². The highest BCUT2D eigenvalue weighted by Gasteiger charge is 2.39. The van der Waals surface area contributed by atoms with Crippen molar-refractivity contribution in [2.45, 2.75) is 57.6 Å². The van der Waals surface area contributed by atoms with Crippen molar-refractivity contribution in [2.75, 3.05) is 11.9 Å². The van der Waals surface area contributed by atoms with Crippen LogP contribution in [0.3, 0.4) is 0 Å². The molecule has 0 bridgehead atoms. The summed E-state index contributed by atoms with van der Waals surface area (Å²) in [6.07, 6.45) is -6.57. The van der Waals surface area contributed by atoms with Gasteiger partial charge in [-0.2, -0.15) is 18.4 Å². The summed E-state index contributed by atoms with van der Waals surface area (Å²) in [5.74, 6) is 0.482. The van der Waals surface area contributed by atoms with Crippen LogP contribution in [0.25, 0.3) is 22.2 Å². The molecule has 0 saturated heterocycles. The Labute approximate surface area is 215 Å². The van der Waals surface area contributed by atoms with Crippen LogP contribution in [0.1, 0.15) is 44.7 Å². The highest BCUT2D eigenvalue weighted by atomic mass is 35.5. The Hall–Kier alpha value is -3.45. The summed E-state index contributed by atoms with van der Waals surface area (Å²) >= 11 is 6.38. The van der Waals surface area contributed by atoms with Gasteiger partial charge in [0.05, 0.1) is 27.5 Å². The summed E-state index contributed by atoms with van der Waals surface area (Å²) in [5, 5.41) is 13.0. The van der Waals surface area contributed by atoms with Gasteiger partial charge in [0, 0.05) is 23.1 Å². The summed E-state index contributed by atoms with van der Waals surface area (Å²) in [4.78, 5) is 11.9. The highest BCUT2D eigenvalue weighted by Crippen LogP contribution is 2.44. The van der Waals surface area contributed by atoms with Crippen molar-refractivity contribution in [1.29, 1.82) is 5.26 Å². The number of carbonyl (C=O) groups excluding carboxylic acids is 1. The van der Waals surface area contributed by atoms with Crippen molar-refractivity contribution in [2.24, 2.45) is 0 Å². The lowest BCUT2D eigenvalue weighted by atomic mass is 9.92. The lowest BCUT2D eigenvalue weighted by molar-refractivity contribution is -0.196. The molecule has 0 aliphatic heterocycles.